The van der Waals surface area contributed by atoms with Crippen LogP contribution in [0.2, 0.25) is 0 Å². The second-order valence-corrected chi connectivity index (χ2v) is 8.86. The van der Waals surface area contributed by atoms with Gasteiger partial charge < -0.3 is 15.0 Å². The summed E-state index contributed by atoms with van der Waals surface area (Å²) in [4.78, 5) is 20.0. The van der Waals surface area contributed by atoms with E-state index in [1.165, 1.54) is 5.56 Å². The molecule has 6 heteroatoms. The van der Waals surface area contributed by atoms with Crippen LogP contribution in [-0.2, 0) is 4.79 Å². The number of nitrogens with one attached hydrogen (secondary N) is 1. The van der Waals surface area contributed by atoms with Crippen molar-refractivity contribution in [2.24, 2.45) is 5.92 Å². The predicted molar refractivity (Wildman–Crippen MR) is 120 cm³/mol. The molecule has 2 heterocycles. The van der Waals surface area contributed by atoms with Gasteiger partial charge in [0.15, 0.2) is 5.13 Å². The Labute approximate surface area is 175 Å². The van der Waals surface area contributed by atoms with Crippen molar-refractivity contribution < 1.29 is 9.53 Å². The molecule has 0 aliphatic carbocycles. The zero-order valence-electron chi connectivity index (χ0n) is 17.1. The molecule has 4 rings (SSSR count). The molecule has 5 nitrogen and oxygen atoms in total. The summed E-state index contributed by atoms with van der Waals surface area (Å²) in [6.45, 7) is 5.93. The van der Waals surface area contributed by atoms with Gasteiger partial charge >= 0.3 is 0 Å². The molecule has 1 aliphatic rings. The third-order valence-electron chi connectivity index (χ3n) is 5.49. The van der Waals surface area contributed by atoms with E-state index in [0.717, 1.165) is 46.2 Å². The normalized spacial score (nSPS) is 17.0. The first-order valence-corrected chi connectivity index (χ1v) is 11.0. The fraction of sp³-hybridized carbons (Fsp3) is 0.391. The molecule has 1 aromatic heterocycles. The van der Waals surface area contributed by atoms with E-state index >= 15 is 0 Å². The molecule has 0 radical (unpaired) electrons. The minimum Gasteiger partial charge on any atom is -0.497 e. The van der Waals surface area contributed by atoms with Crippen molar-refractivity contribution in [2.45, 2.75) is 32.6 Å². The highest BCUT2D eigenvalue weighted by molar-refractivity contribution is 7.22. The molecule has 1 atom stereocenters. The number of benzene rings is 2. The average molecular weight is 410 g/mol. The first-order chi connectivity index (χ1) is 14.0. The molecule has 1 N–H and O–H groups in total. The lowest BCUT2D eigenvalue weighted by Crippen LogP contribution is -2.40. The first kappa shape index (κ1) is 19.7. The van der Waals surface area contributed by atoms with E-state index in [4.69, 9.17) is 9.72 Å². The number of rotatable bonds is 5. The smallest absolute Gasteiger partial charge is 0.229 e. The number of aromatic nitrogens is 1. The van der Waals surface area contributed by atoms with E-state index in [0.29, 0.717) is 12.5 Å². The van der Waals surface area contributed by atoms with Crippen molar-refractivity contribution >= 4 is 38.3 Å². The molecule has 1 amide bonds. The number of para-hydroxylation sites is 1. The lowest BCUT2D eigenvalue weighted by atomic mass is 9.96. The maximum Gasteiger partial charge on any atom is 0.229 e. The number of piperidine rings is 1. The van der Waals surface area contributed by atoms with Gasteiger partial charge in [0.05, 0.1) is 23.2 Å². The number of hydrogen-bond donors (Lipinski definition) is 1. The maximum atomic E-state index is 13.0. The number of ether oxygens (including phenoxy) is 1. The van der Waals surface area contributed by atoms with Gasteiger partial charge in [-0.05, 0) is 48.6 Å². The summed E-state index contributed by atoms with van der Waals surface area (Å²) >= 11 is 1.66. The monoisotopic (exact) mass is 409 g/mol. The minimum atomic E-state index is -0.0366. The molecule has 0 saturated carbocycles. The maximum absolute atomic E-state index is 13.0. The molecule has 1 unspecified atom stereocenters. The fourth-order valence-corrected chi connectivity index (χ4v) is 4.90. The summed E-state index contributed by atoms with van der Waals surface area (Å²) in [6.07, 6.45) is 1.90. The zero-order chi connectivity index (χ0) is 20.4. The van der Waals surface area contributed by atoms with Gasteiger partial charge in [0.25, 0.3) is 0 Å². The van der Waals surface area contributed by atoms with Crippen LogP contribution in [0.15, 0.2) is 42.5 Å². The van der Waals surface area contributed by atoms with Gasteiger partial charge in [0, 0.05) is 18.8 Å². The summed E-state index contributed by atoms with van der Waals surface area (Å²) in [6, 6.07) is 14.0. The summed E-state index contributed by atoms with van der Waals surface area (Å²) < 4.78 is 6.43. The number of anilines is 2. The molecule has 1 saturated heterocycles. The summed E-state index contributed by atoms with van der Waals surface area (Å²) in [5.41, 5.74) is 3.08. The Morgan fingerprint density at radius 2 is 2.10 bits per heavy atom. The number of methoxy groups -OCH3 is 1. The SMILES string of the molecule is COc1ccc2nc(N3CCCC(C(=O)Nc4ccccc4C(C)C)C3)sc2c1. The summed E-state index contributed by atoms with van der Waals surface area (Å²) in [7, 11) is 1.67. The minimum absolute atomic E-state index is 0.0366. The van der Waals surface area contributed by atoms with Crippen molar-refractivity contribution in [3.8, 4) is 5.75 Å². The highest BCUT2D eigenvalue weighted by Gasteiger charge is 2.28. The van der Waals surface area contributed by atoms with E-state index in [1.54, 1.807) is 18.4 Å². The van der Waals surface area contributed by atoms with Crippen molar-refractivity contribution in [1.29, 1.82) is 0 Å². The Morgan fingerprint density at radius 1 is 1.28 bits per heavy atom. The van der Waals surface area contributed by atoms with Gasteiger partial charge in [-0.15, -0.1) is 0 Å². The van der Waals surface area contributed by atoms with Crippen molar-refractivity contribution in [2.75, 3.05) is 30.4 Å². The van der Waals surface area contributed by atoms with Crippen LogP contribution < -0.4 is 15.0 Å². The van der Waals surface area contributed by atoms with Crippen LogP contribution in [0.4, 0.5) is 10.8 Å². The summed E-state index contributed by atoms with van der Waals surface area (Å²) in [5, 5.41) is 4.16. The van der Waals surface area contributed by atoms with Gasteiger partial charge in [0.1, 0.15) is 5.75 Å². The van der Waals surface area contributed by atoms with E-state index in [-0.39, 0.29) is 11.8 Å². The van der Waals surface area contributed by atoms with E-state index in [2.05, 4.69) is 30.1 Å². The molecular weight excluding hydrogens is 382 g/mol. The molecule has 29 heavy (non-hydrogen) atoms. The number of carbonyl (C=O) groups is 1. The Morgan fingerprint density at radius 3 is 2.90 bits per heavy atom. The van der Waals surface area contributed by atoms with Gasteiger partial charge in [-0.1, -0.05) is 43.4 Å². The largest absolute Gasteiger partial charge is 0.497 e. The lowest BCUT2D eigenvalue weighted by Gasteiger charge is -2.32. The Hall–Kier alpha value is -2.60. The number of thiazole rings is 1. The predicted octanol–water partition coefficient (Wildman–Crippen LogP) is 5.28. The zero-order valence-corrected chi connectivity index (χ0v) is 18.0. The van der Waals surface area contributed by atoms with Crippen LogP contribution in [0.1, 0.15) is 38.2 Å². The molecule has 3 aromatic rings. The van der Waals surface area contributed by atoms with Crippen molar-refractivity contribution in [1.82, 2.24) is 4.98 Å². The van der Waals surface area contributed by atoms with Gasteiger partial charge in [0.2, 0.25) is 5.91 Å². The molecule has 2 aromatic carbocycles. The molecule has 152 valence electrons. The first-order valence-electron chi connectivity index (χ1n) is 10.1. The van der Waals surface area contributed by atoms with Crippen molar-refractivity contribution in [3.05, 3.63) is 48.0 Å². The molecule has 1 fully saturated rings. The van der Waals surface area contributed by atoms with Crippen LogP contribution >= 0.6 is 11.3 Å². The topological polar surface area (TPSA) is 54.5 Å². The highest BCUT2D eigenvalue weighted by atomic mass is 32.1. The van der Waals surface area contributed by atoms with Crippen LogP contribution in [0, 0.1) is 5.92 Å². The Balaban J connectivity index is 1.49. The Kier molecular flexibility index (Phi) is 5.72. The highest BCUT2D eigenvalue weighted by Crippen LogP contribution is 2.34. The van der Waals surface area contributed by atoms with Crippen LogP contribution in [-0.4, -0.2) is 31.1 Å². The van der Waals surface area contributed by atoms with E-state index < -0.39 is 0 Å². The molecule has 0 spiro atoms. The third kappa shape index (κ3) is 4.22. The fourth-order valence-electron chi connectivity index (χ4n) is 3.87. The van der Waals surface area contributed by atoms with E-state index in [9.17, 15) is 4.79 Å². The molecule has 0 bridgehead atoms. The quantitative estimate of drug-likeness (QED) is 0.623. The second kappa shape index (κ2) is 8.41. The van der Waals surface area contributed by atoms with Crippen molar-refractivity contribution in [3.63, 3.8) is 0 Å². The second-order valence-electron chi connectivity index (χ2n) is 7.85. The number of fused-ring (bicyclic) bond motifs is 1. The van der Waals surface area contributed by atoms with Gasteiger partial charge in [-0.2, -0.15) is 0 Å². The van der Waals surface area contributed by atoms with E-state index in [1.807, 2.05) is 36.4 Å². The average Bonchev–Trinajstić information content (AvgIpc) is 3.17. The van der Waals surface area contributed by atoms with Crippen LogP contribution in [0.5, 0.6) is 5.75 Å². The van der Waals surface area contributed by atoms with Crippen LogP contribution in [0.25, 0.3) is 10.2 Å². The summed E-state index contributed by atoms with van der Waals surface area (Å²) in [5.74, 6) is 1.28. The standard InChI is InChI=1S/C23H27N3O2S/c1-15(2)18-8-4-5-9-19(18)24-22(27)16-7-6-12-26(14-16)23-25-20-11-10-17(28-3)13-21(20)29-23/h4-5,8-11,13,15-16H,6-7,12,14H2,1-3H3,(H,24,27). The molecule has 1 aliphatic heterocycles. The molecular formula is C23H27N3O2S. The number of hydrogen-bond acceptors (Lipinski definition) is 5. The van der Waals surface area contributed by atoms with Crippen LogP contribution in [0.3, 0.4) is 0 Å². The Bertz CT molecular complexity index is 1010. The number of carbonyl (C=O) groups excluding carboxylic acids is 1. The number of amides is 1. The lowest BCUT2D eigenvalue weighted by molar-refractivity contribution is -0.120. The van der Waals surface area contributed by atoms with Gasteiger partial charge in [-0.25, -0.2) is 4.98 Å². The number of nitrogens with zero attached hydrogens (tertiary/aromatic N) is 2. The third-order valence-corrected chi connectivity index (χ3v) is 6.57. The van der Waals surface area contributed by atoms with Gasteiger partial charge in [-0.3, -0.25) is 4.79 Å².